The number of anilines is 1. The molecule has 0 fully saturated rings. The van der Waals surface area contributed by atoms with E-state index in [1.54, 1.807) is 12.4 Å². The molecule has 3 heteroatoms. The number of hydrogen-bond acceptors (Lipinski definition) is 3. The molecule has 2 aromatic heterocycles. The van der Waals surface area contributed by atoms with Gasteiger partial charge in [0.05, 0.1) is 22.6 Å². The maximum atomic E-state index is 4.35. The van der Waals surface area contributed by atoms with E-state index in [1.165, 1.54) is 0 Å². The molecule has 80 valence electrons. The smallest absolute Gasteiger partial charge is 0.0960 e. The molecule has 0 aromatic carbocycles. The molecule has 0 aliphatic carbocycles. The van der Waals surface area contributed by atoms with Crippen molar-refractivity contribution in [3.8, 4) is 0 Å². The minimum atomic E-state index is 0.782. The highest BCUT2D eigenvalue weighted by Gasteiger charge is 1.92. The minimum Gasteiger partial charge on any atom is -0.387 e. The van der Waals surface area contributed by atoms with E-state index in [-0.39, 0.29) is 0 Å². The summed E-state index contributed by atoms with van der Waals surface area (Å²) in [6, 6.07) is 5.71. The maximum absolute atomic E-state index is 4.35. The van der Waals surface area contributed by atoms with Gasteiger partial charge in [-0.05, 0) is 22.6 Å². The van der Waals surface area contributed by atoms with E-state index in [0.717, 1.165) is 26.8 Å². The van der Waals surface area contributed by atoms with E-state index in [1.807, 2.05) is 25.2 Å². The Labute approximate surface area is 93.5 Å². The van der Waals surface area contributed by atoms with Gasteiger partial charge in [-0.15, -0.1) is 0 Å². The van der Waals surface area contributed by atoms with Crippen LogP contribution in [-0.2, 0) is 0 Å². The molecule has 0 atom stereocenters. The summed E-state index contributed by atoms with van der Waals surface area (Å²) in [4.78, 5) is 8.63. The van der Waals surface area contributed by atoms with Crippen LogP contribution in [-0.4, -0.2) is 17.0 Å². The number of rotatable bonds is 1. The highest BCUT2D eigenvalue weighted by Crippen LogP contribution is 1.96. The molecule has 2 rings (SSSR count). The van der Waals surface area contributed by atoms with E-state index in [2.05, 4.69) is 28.4 Å². The van der Waals surface area contributed by atoms with E-state index in [4.69, 9.17) is 0 Å². The molecule has 1 N–H and O–H groups in total. The number of nitrogens with zero attached hydrogens (tertiary/aromatic N) is 2. The summed E-state index contributed by atoms with van der Waals surface area (Å²) in [7, 11) is 1.85. The zero-order valence-electron chi connectivity index (χ0n) is 9.20. The molecule has 16 heavy (non-hydrogen) atoms. The van der Waals surface area contributed by atoms with Gasteiger partial charge in [-0.25, -0.2) is 0 Å². The molecule has 0 unspecified atom stereocenters. The van der Waals surface area contributed by atoms with Gasteiger partial charge < -0.3 is 5.32 Å². The zero-order chi connectivity index (χ0) is 11.5. The summed E-state index contributed by atoms with van der Waals surface area (Å²) < 4.78 is 0. The molecule has 0 aliphatic rings. The zero-order valence-corrected chi connectivity index (χ0v) is 9.20. The van der Waals surface area contributed by atoms with E-state index in [9.17, 15) is 0 Å². The van der Waals surface area contributed by atoms with Crippen LogP contribution in [0.25, 0.3) is 13.2 Å². The molecular weight excluding hydrogens is 198 g/mol. The molecule has 2 heterocycles. The van der Waals surface area contributed by atoms with Crippen LogP contribution in [0.4, 0.5) is 5.69 Å². The Balaban J connectivity index is 2.95. The largest absolute Gasteiger partial charge is 0.387 e. The summed E-state index contributed by atoms with van der Waals surface area (Å²) in [6.07, 6.45) is 3.50. The van der Waals surface area contributed by atoms with Crippen LogP contribution in [0.3, 0.4) is 0 Å². The van der Waals surface area contributed by atoms with Crippen LogP contribution >= 0.6 is 0 Å². The van der Waals surface area contributed by atoms with Gasteiger partial charge >= 0.3 is 0 Å². The number of hydrogen-bond donors (Lipinski definition) is 1. The Hall–Kier alpha value is -2.16. The van der Waals surface area contributed by atoms with Crippen molar-refractivity contribution in [2.24, 2.45) is 0 Å². The van der Waals surface area contributed by atoms with Crippen LogP contribution < -0.4 is 15.8 Å². The second-order valence-electron chi connectivity index (χ2n) is 3.49. The molecular formula is C13H13N3. The van der Waals surface area contributed by atoms with Gasteiger partial charge in [-0.1, -0.05) is 19.2 Å². The minimum absolute atomic E-state index is 0.782. The van der Waals surface area contributed by atoms with Gasteiger partial charge in [-0.3, -0.25) is 9.97 Å². The quantitative estimate of drug-likeness (QED) is 0.751. The fourth-order valence-corrected chi connectivity index (χ4v) is 1.51. The summed E-state index contributed by atoms with van der Waals surface area (Å²) in [6.45, 7) is 7.91. The van der Waals surface area contributed by atoms with Crippen molar-refractivity contribution in [2.75, 3.05) is 12.4 Å². The SMILES string of the molecule is C=c1cccn/c1=c1\ncc(NC)cc1=C. The molecule has 0 saturated carbocycles. The van der Waals surface area contributed by atoms with Gasteiger partial charge in [0, 0.05) is 13.2 Å². The Morgan fingerprint density at radius 2 is 1.88 bits per heavy atom. The Morgan fingerprint density at radius 1 is 1.12 bits per heavy atom. The lowest BCUT2D eigenvalue weighted by atomic mass is 10.3. The number of pyridine rings is 2. The Bertz CT molecular complexity index is 692. The van der Waals surface area contributed by atoms with Crippen molar-refractivity contribution in [2.45, 2.75) is 0 Å². The molecule has 0 bridgehead atoms. The fraction of sp³-hybridized carbons (Fsp3) is 0.0769. The average molecular weight is 211 g/mol. The first-order valence-corrected chi connectivity index (χ1v) is 4.99. The molecule has 0 saturated heterocycles. The second-order valence-corrected chi connectivity index (χ2v) is 3.49. The first-order valence-electron chi connectivity index (χ1n) is 4.99. The number of aromatic nitrogens is 2. The van der Waals surface area contributed by atoms with Gasteiger partial charge in [0.1, 0.15) is 0 Å². The van der Waals surface area contributed by atoms with Crippen molar-refractivity contribution >= 4 is 18.8 Å². The van der Waals surface area contributed by atoms with Crippen molar-refractivity contribution in [1.29, 1.82) is 0 Å². The van der Waals surface area contributed by atoms with Gasteiger partial charge in [-0.2, -0.15) is 0 Å². The summed E-state index contributed by atoms with van der Waals surface area (Å²) >= 11 is 0. The topological polar surface area (TPSA) is 37.8 Å². The lowest BCUT2D eigenvalue weighted by molar-refractivity contribution is 1.12. The van der Waals surface area contributed by atoms with Crippen LogP contribution in [0.15, 0.2) is 30.6 Å². The molecule has 0 aliphatic heterocycles. The predicted octanol–water partition coefficient (Wildman–Crippen LogP) is 0.626. The normalized spacial score (nSPS) is 12.3. The monoisotopic (exact) mass is 211 g/mol. The maximum Gasteiger partial charge on any atom is 0.0960 e. The Morgan fingerprint density at radius 3 is 2.50 bits per heavy atom. The molecule has 0 amide bonds. The summed E-state index contributed by atoms with van der Waals surface area (Å²) in [5.41, 5.74) is 0.940. The average Bonchev–Trinajstić information content (AvgIpc) is 2.30. The molecule has 3 nitrogen and oxygen atoms in total. The predicted molar refractivity (Wildman–Crippen MR) is 66.0 cm³/mol. The number of nitrogens with one attached hydrogen (secondary N) is 1. The van der Waals surface area contributed by atoms with Crippen molar-refractivity contribution in [3.63, 3.8) is 0 Å². The third-order valence-corrected chi connectivity index (χ3v) is 2.37. The Kier molecular flexibility index (Phi) is 2.68. The summed E-state index contributed by atoms with van der Waals surface area (Å²) in [5, 5.41) is 6.29. The van der Waals surface area contributed by atoms with E-state index in [0.29, 0.717) is 0 Å². The van der Waals surface area contributed by atoms with Crippen molar-refractivity contribution in [1.82, 2.24) is 9.97 Å². The molecule has 2 aromatic rings. The van der Waals surface area contributed by atoms with E-state index >= 15 is 0 Å². The van der Waals surface area contributed by atoms with E-state index < -0.39 is 0 Å². The lowest BCUT2D eigenvalue weighted by Crippen LogP contribution is -2.11. The van der Waals surface area contributed by atoms with Crippen LogP contribution in [0, 0.1) is 10.7 Å². The highest BCUT2D eigenvalue weighted by molar-refractivity contribution is 5.40. The standard InChI is InChI=1S/C13H13N3/c1-9-5-4-6-15-12(9)13-10(2)7-11(14-3)8-16-13/h4-8,14H,1-2H2,3H3/b13-12-. The molecule has 0 radical (unpaired) electrons. The van der Waals surface area contributed by atoms with Crippen molar-refractivity contribution < 1.29 is 0 Å². The molecule has 0 spiro atoms. The lowest BCUT2D eigenvalue weighted by Gasteiger charge is -1.97. The highest BCUT2D eigenvalue weighted by atomic mass is 14.8. The van der Waals surface area contributed by atoms with Gasteiger partial charge in [0.25, 0.3) is 0 Å². The van der Waals surface area contributed by atoms with Crippen LogP contribution in [0.2, 0.25) is 0 Å². The van der Waals surface area contributed by atoms with Crippen molar-refractivity contribution in [3.05, 3.63) is 51.7 Å². The van der Waals surface area contributed by atoms with Crippen LogP contribution in [0.5, 0.6) is 0 Å². The van der Waals surface area contributed by atoms with Gasteiger partial charge in [0.15, 0.2) is 0 Å². The van der Waals surface area contributed by atoms with Crippen LogP contribution in [0.1, 0.15) is 0 Å². The second kappa shape index (κ2) is 4.14. The van der Waals surface area contributed by atoms with Gasteiger partial charge in [0.2, 0.25) is 0 Å². The first-order chi connectivity index (χ1) is 7.72. The summed E-state index contributed by atoms with van der Waals surface area (Å²) in [5.74, 6) is 0. The first kappa shape index (κ1) is 10.4. The third-order valence-electron chi connectivity index (χ3n) is 2.37. The third kappa shape index (κ3) is 1.80. The fourth-order valence-electron chi connectivity index (χ4n) is 1.51.